The first-order chi connectivity index (χ1) is 11.4. The summed E-state index contributed by atoms with van der Waals surface area (Å²) in [5.74, 6) is -2.31. The van der Waals surface area contributed by atoms with Crippen LogP contribution in [0.25, 0.3) is 11.0 Å². The summed E-state index contributed by atoms with van der Waals surface area (Å²) < 4.78 is 37.0. The number of hydrogen-bond donors (Lipinski definition) is 1. The van der Waals surface area contributed by atoms with Crippen molar-refractivity contribution in [3.05, 3.63) is 75.6 Å². The Morgan fingerprint density at radius 2 is 1.92 bits per heavy atom. The van der Waals surface area contributed by atoms with Crippen LogP contribution >= 0.6 is 0 Å². The van der Waals surface area contributed by atoms with Crippen molar-refractivity contribution < 1.29 is 27.8 Å². The minimum absolute atomic E-state index is 0.0396. The molecule has 3 rings (SSSR count). The van der Waals surface area contributed by atoms with Gasteiger partial charge >= 0.3 is 11.6 Å². The maximum absolute atomic E-state index is 13.5. The van der Waals surface area contributed by atoms with Gasteiger partial charge < -0.3 is 14.3 Å². The summed E-state index contributed by atoms with van der Waals surface area (Å²) in [6.07, 6.45) is 0. The highest BCUT2D eigenvalue weighted by Gasteiger charge is 2.12. The molecular weight excluding hydrogens is 322 g/mol. The molecule has 0 saturated carbocycles. The molecule has 0 aliphatic heterocycles. The molecule has 7 heteroatoms. The molecule has 0 bridgehead atoms. The van der Waals surface area contributed by atoms with Crippen LogP contribution in [0.1, 0.15) is 15.9 Å². The van der Waals surface area contributed by atoms with Crippen LogP contribution in [0.2, 0.25) is 0 Å². The molecule has 0 fully saturated rings. The number of carboxylic acids is 1. The largest absolute Gasteiger partial charge is 0.489 e. The monoisotopic (exact) mass is 332 g/mol. The Labute approximate surface area is 133 Å². The van der Waals surface area contributed by atoms with Crippen molar-refractivity contribution in [3.8, 4) is 5.75 Å². The molecule has 0 spiro atoms. The number of halogens is 2. The van der Waals surface area contributed by atoms with E-state index in [1.807, 2.05) is 0 Å². The summed E-state index contributed by atoms with van der Waals surface area (Å²) in [6, 6.07) is 8.60. The van der Waals surface area contributed by atoms with Crippen molar-refractivity contribution in [3.63, 3.8) is 0 Å². The lowest BCUT2D eigenvalue weighted by atomic mass is 10.2. The average Bonchev–Trinajstić information content (AvgIpc) is 2.54. The molecule has 2 aromatic carbocycles. The Morgan fingerprint density at radius 3 is 2.67 bits per heavy atom. The minimum Gasteiger partial charge on any atom is -0.489 e. The van der Waals surface area contributed by atoms with Gasteiger partial charge in [-0.1, -0.05) is 0 Å². The molecular formula is C17H10F2O5. The molecule has 0 amide bonds. The Hall–Kier alpha value is -3.22. The summed E-state index contributed by atoms with van der Waals surface area (Å²) in [4.78, 5) is 22.5. The van der Waals surface area contributed by atoms with Crippen molar-refractivity contribution in [2.75, 3.05) is 0 Å². The number of benzene rings is 2. The highest BCUT2D eigenvalue weighted by atomic mass is 19.1. The molecule has 0 saturated heterocycles. The number of hydrogen-bond acceptors (Lipinski definition) is 4. The van der Waals surface area contributed by atoms with E-state index >= 15 is 0 Å². The standard InChI is InChI=1S/C17H10F2O5/c18-11-2-4-14(19)10(5-11)8-23-12-3-1-9-6-13(16(20)21)17(22)24-15(9)7-12/h1-7H,8H2,(H,20,21). The van der Waals surface area contributed by atoms with E-state index in [0.29, 0.717) is 5.39 Å². The number of rotatable bonds is 4. The second-order valence-corrected chi connectivity index (χ2v) is 4.98. The van der Waals surface area contributed by atoms with Crippen LogP contribution in [0.5, 0.6) is 5.75 Å². The van der Waals surface area contributed by atoms with Crippen LogP contribution in [-0.4, -0.2) is 11.1 Å². The fourth-order valence-electron chi connectivity index (χ4n) is 2.15. The predicted molar refractivity (Wildman–Crippen MR) is 80.1 cm³/mol. The number of fused-ring (bicyclic) bond motifs is 1. The van der Waals surface area contributed by atoms with Gasteiger partial charge in [-0.15, -0.1) is 0 Å². The van der Waals surface area contributed by atoms with Gasteiger partial charge in [-0.05, 0) is 36.4 Å². The first-order valence-electron chi connectivity index (χ1n) is 6.82. The van der Waals surface area contributed by atoms with E-state index in [1.165, 1.54) is 24.3 Å². The average molecular weight is 332 g/mol. The first kappa shape index (κ1) is 15.7. The minimum atomic E-state index is -1.38. The maximum atomic E-state index is 13.5. The Balaban J connectivity index is 1.88. The van der Waals surface area contributed by atoms with E-state index in [2.05, 4.69) is 0 Å². The summed E-state index contributed by atoms with van der Waals surface area (Å²) in [5, 5.41) is 9.29. The van der Waals surface area contributed by atoms with Crippen molar-refractivity contribution in [1.82, 2.24) is 0 Å². The van der Waals surface area contributed by atoms with Crippen LogP contribution in [0.4, 0.5) is 8.78 Å². The Kier molecular flexibility index (Phi) is 3.99. The SMILES string of the molecule is O=C(O)c1cc2ccc(OCc3cc(F)ccc3F)cc2oc1=O. The summed E-state index contributed by atoms with van der Waals surface area (Å²) >= 11 is 0. The van der Waals surface area contributed by atoms with E-state index in [4.69, 9.17) is 14.3 Å². The molecule has 122 valence electrons. The molecule has 24 heavy (non-hydrogen) atoms. The third kappa shape index (κ3) is 3.10. The quantitative estimate of drug-likeness (QED) is 0.742. The van der Waals surface area contributed by atoms with Gasteiger partial charge in [-0.3, -0.25) is 0 Å². The zero-order chi connectivity index (χ0) is 17.3. The topological polar surface area (TPSA) is 76.7 Å². The third-order valence-electron chi connectivity index (χ3n) is 3.34. The van der Waals surface area contributed by atoms with Crippen LogP contribution in [-0.2, 0) is 6.61 Å². The second kappa shape index (κ2) is 6.11. The van der Waals surface area contributed by atoms with Gasteiger partial charge in [0.2, 0.25) is 0 Å². The van der Waals surface area contributed by atoms with Crippen molar-refractivity contribution in [1.29, 1.82) is 0 Å². The fraction of sp³-hybridized carbons (Fsp3) is 0.0588. The van der Waals surface area contributed by atoms with Crippen molar-refractivity contribution in [2.24, 2.45) is 0 Å². The van der Waals surface area contributed by atoms with Gasteiger partial charge in [0.1, 0.15) is 35.1 Å². The summed E-state index contributed by atoms with van der Waals surface area (Å²) in [7, 11) is 0. The number of aromatic carboxylic acids is 1. The molecule has 1 heterocycles. The molecule has 0 aliphatic carbocycles. The number of ether oxygens (including phenoxy) is 1. The zero-order valence-electron chi connectivity index (χ0n) is 12.1. The molecule has 3 aromatic rings. The fourth-order valence-corrected chi connectivity index (χ4v) is 2.15. The second-order valence-electron chi connectivity index (χ2n) is 4.98. The summed E-state index contributed by atoms with van der Waals surface area (Å²) in [5.41, 5.74) is -1.29. The van der Waals surface area contributed by atoms with E-state index in [1.54, 1.807) is 0 Å². The zero-order valence-corrected chi connectivity index (χ0v) is 12.1. The van der Waals surface area contributed by atoms with E-state index in [-0.39, 0.29) is 23.5 Å². The molecule has 1 aromatic heterocycles. The lowest BCUT2D eigenvalue weighted by molar-refractivity contribution is 0.0692. The van der Waals surface area contributed by atoms with E-state index in [0.717, 1.165) is 18.2 Å². The third-order valence-corrected chi connectivity index (χ3v) is 3.34. The molecule has 0 radical (unpaired) electrons. The van der Waals surface area contributed by atoms with Gasteiger partial charge in [0.05, 0.1) is 0 Å². The first-order valence-corrected chi connectivity index (χ1v) is 6.82. The summed E-state index contributed by atoms with van der Waals surface area (Å²) in [6.45, 7) is -0.216. The van der Waals surface area contributed by atoms with Crippen molar-refractivity contribution >= 4 is 16.9 Å². The van der Waals surface area contributed by atoms with Crippen LogP contribution in [0, 0.1) is 11.6 Å². The normalized spacial score (nSPS) is 10.8. The molecule has 1 N–H and O–H groups in total. The lowest BCUT2D eigenvalue weighted by Gasteiger charge is -2.08. The van der Waals surface area contributed by atoms with Crippen LogP contribution in [0.15, 0.2) is 51.7 Å². The Bertz CT molecular complexity index is 994. The van der Waals surface area contributed by atoms with E-state index in [9.17, 15) is 18.4 Å². The van der Waals surface area contributed by atoms with Crippen LogP contribution in [0.3, 0.4) is 0 Å². The van der Waals surface area contributed by atoms with Gasteiger partial charge in [0, 0.05) is 17.0 Å². The van der Waals surface area contributed by atoms with Gasteiger partial charge in [0.25, 0.3) is 0 Å². The number of carboxylic acid groups (broad SMARTS) is 1. The molecule has 5 nitrogen and oxygen atoms in total. The van der Waals surface area contributed by atoms with Crippen molar-refractivity contribution in [2.45, 2.75) is 6.61 Å². The molecule has 0 aliphatic rings. The molecule has 0 unspecified atom stereocenters. The smallest absolute Gasteiger partial charge is 0.351 e. The number of carbonyl (C=O) groups is 1. The van der Waals surface area contributed by atoms with Crippen LogP contribution < -0.4 is 10.4 Å². The van der Waals surface area contributed by atoms with Gasteiger partial charge in [-0.2, -0.15) is 0 Å². The highest BCUT2D eigenvalue weighted by Crippen LogP contribution is 2.22. The lowest BCUT2D eigenvalue weighted by Crippen LogP contribution is -2.12. The maximum Gasteiger partial charge on any atom is 0.351 e. The van der Waals surface area contributed by atoms with Gasteiger partial charge in [-0.25, -0.2) is 18.4 Å². The van der Waals surface area contributed by atoms with E-state index < -0.39 is 28.8 Å². The molecule has 0 atom stereocenters. The van der Waals surface area contributed by atoms with Gasteiger partial charge in [0.15, 0.2) is 0 Å². The Morgan fingerprint density at radius 1 is 1.12 bits per heavy atom. The highest BCUT2D eigenvalue weighted by molar-refractivity contribution is 5.91. The predicted octanol–water partition coefficient (Wildman–Crippen LogP) is 3.35.